The molecule has 8 nitrogen and oxygen atoms in total. The van der Waals surface area contributed by atoms with Crippen molar-refractivity contribution < 1.29 is 19.0 Å². The monoisotopic (exact) mass is 440 g/mol. The van der Waals surface area contributed by atoms with Gasteiger partial charge in [0.05, 0.1) is 26.0 Å². The molecule has 32 heavy (non-hydrogen) atoms. The zero-order valence-corrected chi connectivity index (χ0v) is 18.9. The Labute approximate surface area is 189 Å². The highest BCUT2D eigenvalue weighted by Crippen LogP contribution is 2.31. The van der Waals surface area contributed by atoms with Crippen LogP contribution >= 0.6 is 0 Å². The van der Waals surface area contributed by atoms with Gasteiger partial charge >= 0.3 is 0 Å². The van der Waals surface area contributed by atoms with E-state index in [2.05, 4.69) is 28.9 Å². The minimum absolute atomic E-state index is 0.0309. The molecule has 4 rings (SSSR count). The first-order chi connectivity index (χ1) is 15.6. The van der Waals surface area contributed by atoms with Crippen LogP contribution in [0.4, 0.5) is 0 Å². The van der Waals surface area contributed by atoms with Crippen LogP contribution in [0.25, 0.3) is 0 Å². The van der Waals surface area contributed by atoms with Crippen LogP contribution in [0, 0.1) is 5.92 Å². The summed E-state index contributed by atoms with van der Waals surface area (Å²) in [5.74, 6) is 1.90. The molecule has 0 N–H and O–H groups in total. The molecule has 0 spiro atoms. The van der Waals surface area contributed by atoms with Crippen LogP contribution < -0.4 is 9.47 Å². The van der Waals surface area contributed by atoms with Gasteiger partial charge in [-0.1, -0.05) is 19.9 Å². The van der Waals surface area contributed by atoms with Crippen molar-refractivity contribution in [2.75, 3.05) is 39.5 Å². The number of nitrogens with zero attached hydrogens (tertiary/aromatic N) is 4. The minimum Gasteiger partial charge on any atom is -0.490 e. The highest BCUT2D eigenvalue weighted by atomic mass is 16.5. The molecule has 1 unspecified atom stereocenters. The van der Waals surface area contributed by atoms with E-state index in [0.717, 1.165) is 42.1 Å². The third-order valence-electron chi connectivity index (χ3n) is 5.56. The fourth-order valence-electron chi connectivity index (χ4n) is 4.07. The predicted molar refractivity (Wildman–Crippen MR) is 119 cm³/mol. The van der Waals surface area contributed by atoms with Crippen LogP contribution in [0.15, 0.2) is 36.7 Å². The standard InChI is InChI=1S/C24H32N4O4/c1-18(2)14-28(16-19-4-5-21-22(12-19)31-10-3-9-30-21)24(29)23-17-27(8-11-32-23)15-20-6-7-25-26-13-20/h4-7,12-13,18,23H,3,8-11,14-17H2,1-2H3. The molecule has 8 heteroatoms. The number of amides is 1. The number of carbonyl (C=O) groups is 1. The number of benzene rings is 1. The first kappa shape index (κ1) is 22.5. The second-order valence-electron chi connectivity index (χ2n) is 8.79. The molecule has 1 fully saturated rings. The van der Waals surface area contributed by atoms with Crippen LogP contribution in [-0.2, 0) is 22.6 Å². The fourth-order valence-corrected chi connectivity index (χ4v) is 4.07. The van der Waals surface area contributed by atoms with E-state index in [-0.39, 0.29) is 5.91 Å². The second kappa shape index (κ2) is 10.7. The molecule has 1 aromatic heterocycles. The van der Waals surface area contributed by atoms with Gasteiger partial charge in [-0.3, -0.25) is 9.69 Å². The third kappa shape index (κ3) is 5.95. The van der Waals surface area contributed by atoms with E-state index in [1.807, 2.05) is 29.2 Å². The van der Waals surface area contributed by atoms with Gasteiger partial charge in [0.15, 0.2) is 11.5 Å². The van der Waals surface area contributed by atoms with Gasteiger partial charge in [0.1, 0.15) is 6.10 Å². The normalized spacial score (nSPS) is 18.9. The Bertz CT molecular complexity index is 893. The molecular formula is C24H32N4O4. The van der Waals surface area contributed by atoms with Gasteiger partial charge in [-0.25, -0.2) is 0 Å². The van der Waals surface area contributed by atoms with Crippen LogP contribution in [0.3, 0.4) is 0 Å². The summed E-state index contributed by atoms with van der Waals surface area (Å²) in [6.07, 6.45) is 3.85. The van der Waals surface area contributed by atoms with Gasteiger partial charge in [0, 0.05) is 45.3 Å². The molecule has 1 atom stereocenters. The lowest BCUT2D eigenvalue weighted by Crippen LogP contribution is -2.51. The van der Waals surface area contributed by atoms with Gasteiger partial charge in [0.2, 0.25) is 0 Å². The van der Waals surface area contributed by atoms with Crippen molar-refractivity contribution in [3.05, 3.63) is 47.8 Å². The van der Waals surface area contributed by atoms with Gasteiger partial charge in [-0.15, -0.1) is 0 Å². The number of aromatic nitrogens is 2. The number of hydrogen-bond acceptors (Lipinski definition) is 7. The van der Waals surface area contributed by atoms with Crippen LogP contribution in [0.5, 0.6) is 11.5 Å². The zero-order chi connectivity index (χ0) is 22.3. The Morgan fingerprint density at radius 1 is 1.12 bits per heavy atom. The number of morpholine rings is 1. The molecular weight excluding hydrogens is 408 g/mol. The first-order valence-electron chi connectivity index (χ1n) is 11.4. The lowest BCUT2D eigenvalue weighted by atomic mass is 10.1. The van der Waals surface area contributed by atoms with E-state index in [4.69, 9.17) is 14.2 Å². The van der Waals surface area contributed by atoms with Gasteiger partial charge in [0.25, 0.3) is 5.91 Å². The molecule has 1 saturated heterocycles. The Kier molecular flexibility index (Phi) is 7.55. The van der Waals surface area contributed by atoms with E-state index >= 15 is 0 Å². The van der Waals surface area contributed by atoms with Crippen LogP contribution in [0.1, 0.15) is 31.4 Å². The maximum absolute atomic E-state index is 13.5. The molecule has 0 radical (unpaired) electrons. The quantitative estimate of drug-likeness (QED) is 0.655. The largest absolute Gasteiger partial charge is 0.490 e. The van der Waals surface area contributed by atoms with Crippen molar-refractivity contribution in [2.45, 2.75) is 39.5 Å². The molecule has 0 aliphatic carbocycles. The zero-order valence-electron chi connectivity index (χ0n) is 18.9. The fraction of sp³-hybridized carbons (Fsp3) is 0.542. The molecule has 2 aliphatic heterocycles. The Hall–Kier alpha value is -2.71. The summed E-state index contributed by atoms with van der Waals surface area (Å²) in [6.45, 7) is 9.36. The Morgan fingerprint density at radius 3 is 2.75 bits per heavy atom. The lowest BCUT2D eigenvalue weighted by Gasteiger charge is -2.35. The molecule has 2 aliphatic rings. The van der Waals surface area contributed by atoms with Crippen molar-refractivity contribution >= 4 is 5.91 Å². The van der Waals surface area contributed by atoms with Crippen LogP contribution in [-0.4, -0.2) is 71.5 Å². The predicted octanol–water partition coefficient (Wildman–Crippen LogP) is 2.52. The van der Waals surface area contributed by atoms with Crippen molar-refractivity contribution in [1.29, 1.82) is 0 Å². The molecule has 1 aromatic carbocycles. The van der Waals surface area contributed by atoms with E-state index < -0.39 is 6.10 Å². The van der Waals surface area contributed by atoms with Crippen molar-refractivity contribution in [1.82, 2.24) is 20.0 Å². The summed E-state index contributed by atoms with van der Waals surface area (Å²) in [7, 11) is 0. The average molecular weight is 441 g/mol. The number of ether oxygens (including phenoxy) is 3. The van der Waals surface area contributed by atoms with Crippen molar-refractivity contribution in [2.24, 2.45) is 5.92 Å². The maximum atomic E-state index is 13.5. The van der Waals surface area contributed by atoms with Gasteiger partial charge in [-0.05, 0) is 35.2 Å². The maximum Gasteiger partial charge on any atom is 0.253 e. The Morgan fingerprint density at radius 2 is 1.97 bits per heavy atom. The van der Waals surface area contributed by atoms with E-state index in [1.54, 1.807) is 12.4 Å². The molecule has 1 amide bonds. The number of fused-ring (bicyclic) bond motifs is 1. The number of carbonyl (C=O) groups excluding carboxylic acids is 1. The molecule has 2 aromatic rings. The minimum atomic E-state index is -0.474. The number of hydrogen-bond donors (Lipinski definition) is 0. The second-order valence-corrected chi connectivity index (χ2v) is 8.79. The van der Waals surface area contributed by atoms with Gasteiger partial charge in [-0.2, -0.15) is 10.2 Å². The highest BCUT2D eigenvalue weighted by Gasteiger charge is 2.31. The SMILES string of the molecule is CC(C)CN(Cc1ccc2c(c1)OCCCO2)C(=O)C1CN(Cc2ccnnc2)CCO1. The molecule has 0 saturated carbocycles. The van der Waals surface area contributed by atoms with Crippen molar-refractivity contribution in [3.63, 3.8) is 0 Å². The molecule has 3 heterocycles. The van der Waals surface area contributed by atoms with Crippen molar-refractivity contribution in [3.8, 4) is 11.5 Å². The summed E-state index contributed by atoms with van der Waals surface area (Å²) in [5.41, 5.74) is 2.11. The lowest BCUT2D eigenvalue weighted by molar-refractivity contribution is -0.151. The van der Waals surface area contributed by atoms with E-state index in [1.165, 1.54) is 0 Å². The summed E-state index contributed by atoms with van der Waals surface area (Å²) in [5, 5.41) is 7.78. The van der Waals surface area contributed by atoms with E-state index in [0.29, 0.717) is 45.4 Å². The third-order valence-corrected chi connectivity index (χ3v) is 5.56. The van der Waals surface area contributed by atoms with E-state index in [9.17, 15) is 4.79 Å². The van der Waals surface area contributed by atoms with Crippen LogP contribution in [0.2, 0.25) is 0 Å². The van der Waals surface area contributed by atoms with Gasteiger partial charge < -0.3 is 19.1 Å². The highest BCUT2D eigenvalue weighted by molar-refractivity contribution is 5.81. The topological polar surface area (TPSA) is 77.0 Å². The Balaban J connectivity index is 1.44. The summed E-state index contributed by atoms with van der Waals surface area (Å²) >= 11 is 0. The first-order valence-corrected chi connectivity index (χ1v) is 11.4. The molecule has 172 valence electrons. The summed E-state index contributed by atoms with van der Waals surface area (Å²) in [4.78, 5) is 17.6. The summed E-state index contributed by atoms with van der Waals surface area (Å²) in [6, 6.07) is 7.90. The number of rotatable bonds is 7. The summed E-state index contributed by atoms with van der Waals surface area (Å²) < 4.78 is 17.5. The smallest absolute Gasteiger partial charge is 0.253 e. The average Bonchev–Trinajstić information content (AvgIpc) is 3.04. The molecule has 0 bridgehead atoms.